The van der Waals surface area contributed by atoms with Gasteiger partial charge in [0.1, 0.15) is 11.9 Å². The first-order valence-electron chi connectivity index (χ1n) is 6.90. The van der Waals surface area contributed by atoms with Crippen LogP contribution in [0.15, 0.2) is 18.5 Å². The summed E-state index contributed by atoms with van der Waals surface area (Å²) in [4.78, 5) is 6.57. The average Bonchev–Trinajstić information content (AvgIpc) is 2.94. The first-order chi connectivity index (χ1) is 9.31. The van der Waals surface area contributed by atoms with Crippen molar-refractivity contribution in [2.45, 2.75) is 31.4 Å². The minimum absolute atomic E-state index is 0.277. The fraction of sp³-hybridized carbons (Fsp3) is 0.643. The van der Waals surface area contributed by atoms with Crippen molar-refractivity contribution >= 4 is 11.6 Å². The molecule has 0 bridgehead atoms. The molecule has 5 heteroatoms. The van der Waals surface area contributed by atoms with Crippen molar-refractivity contribution in [1.29, 1.82) is 0 Å². The molecule has 0 spiro atoms. The minimum Gasteiger partial charge on any atom is -0.489 e. The Morgan fingerprint density at radius 1 is 1.26 bits per heavy atom. The van der Waals surface area contributed by atoms with E-state index in [2.05, 4.69) is 9.88 Å². The zero-order valence-electron chi connectivity index (χ0n) is 10.9. The van der Waals surface area contributed by atoms with Crippen LogP contribution in [0.1, 0.15) is 19.3 Å². The van der Waals surface area contributed by atoms with Crippen molar-refractivity contribution in [3.8, 4) is 5.75 Å². The molecule has 4 nitrogen and oxygen atoms in total. The third-order valence-electron chi connectivity index (χ3n) is 3.88. The second-order valence-corrected chi connectivity index (χ2v) is 5.65. The molecule has 0 unspecified atom stereocenters. The summed E-state index contributed by atoms with van der Waals surface area (Å²) in [6.45, 7) is 3.98. The monoisotopic (exact) mass is 282 g/mol. The van der Waals surface area contributed by atoms with E-state index in [0.29, 0.717) is 11.1 Å². The first kappa shape index (κ1) is 13.2. The Bertz CT molecular complexity index is 416. The lowest BCUT2D eigenvalue weighted by atomic mass is 10.0. The number of halogens is 1. The second kappa shape index (κ2) is 6.07. The van der Waals surface area contributed by atoms with Crippen molar-refractivity contribution in [2.75, 3.05) is 26.3 Å². The van der Waals surface area contributed by atoms with Crippen LogP contribution in [0, 0.1) is 0 Å². The maximum absolute atomic E-state index is 5.94. The lowest BCUT2D eigenvalue weighted by Crippen LogP contribution is -2.44. The molecule has 0 saturated carbocycles. The second-order valence-electron chi connectivity index (χ2n) is 5.21. The largest absolute Gasteiger partial charge is 0.489 e. The zero-order valence-corrected chi connectivity index (χ0v) is 11.7. The number of hydrogen-bond acceptors (Lipinski definition) is 4. The van der Waals surface area contributed by atoms with Crippen LogP contribution in [0.25, 0.3) is 0 Å². The number of nitrogens with zero attached hydrogens (tertiary/aromatic N) is 2. The van der Waals surface area contributed by atoms with Gasteiger partial charge in [-0.3, -0.25) is 9.88 Å². The SMILES string of the molecule is Clc1cncc(OC2CCN([C@H]3CCOC3)CC2)c1. The Kier molecular flexibility index (Phi) is 4.21. The highest BCUT2D eigenvalue weighted by molar-refractivity contribution is 6.30. The number of ether oxygens (including phenoxy) is 2. The number of piperidine rings is 1. The normalized spacial score (nSPS) is 25.6. The van der Waals surface area contributed by atoms with E-state index < -0.39 is 0 Å². The molecule has 104 valence electrons. The molecule has 1 atom stereocenters. The molecule has 19 heavy (non-hydrogen) atoms. The maximum atomic E-state index is 5.94. The van der Waals surface area contributed by atoms with Gasteiger partial charge in [0.05, 0.1) is 17.8 Å². The third-order valence-corrected chi connectivity index (χ3v) is 4.09. The van der Waals surface area contributed by atoms with Gasteiger partial charge in [-0.2, -0.15) is 0 Å². The molecule has 0 amide bonds. The van der Waals surface area contributed by atoms with E-state index in [0.717, 1.165) is 44.9 Å². The van der Waals surface area contributed by atoms with Gasteiger partial charge in [0.25, 0.3) is 0 Å². The molecule has 2 saturated heterocycles. The van der Waals surface area contributed by atoms with Gasteiger partial charge in [-0.25, -0.2) is 0 Å². The smallest absolute Gasteiger partial charge is 0.139 e. The molecule has 0 aromatic carbocycles. The molecule has 2 aliphatic heterocycles. The molecule has 3 rings (SSSR count). The van der Waals surface area contributed by atoms with Gasteiger partial charge in [0.15, 0.2) is 0 Å². The summed E-state index contributed by atoms with van der Waals surface area (Å²) in [5, 5.41) is 0.623. The Hall–Kier alpha value is -0.840. The van der Waals surface area contributed by atoms with Gasteiger partial charge in [-0.15, -0.1) is 0 Å². The topological polar surface area (TPSA) is 34.6 Å². The number of aromatic nitrogens is 1. The van der Waals surface area contributed by atoms with Crippen molar-refractivity contribution in [2.24, 2.45) is 0 Å². The van der Waals surface area contributed by atoms with Crippen LogP contribution in [0.5, 0.6) is 5.75 Å². The van der Waals surface area contributed by atoms with Crippen LogP contribution in [0.2, 0.25) is 5.02 Å². The molecule has 0 aliphatic carbocycles. The molecule has 0 radical (unpaired) electrons. The summed E-state index contributed by atoms with van der Waals surface area (Å²) in [6.07, 6.45) is 6.91. The van der Waals surface area contributed by atoms with Crippen molar-refractivity contribution < 1.29 is 9.47 Å². The van der Waals surface area contributed by atoms with Gasteiger partial charge in [0.2, 0.25) is 0 Å². The molecule has 0 N–H and O–H groups in total. The standard InChI is InChI=1S/C14H19ClN2O2/c15-11-7-14(9-16-8-11)19-13-1-4-17(5-2-13)12-3-6-18-10-12/h7-9,12-13H,1-6,10H2/t12-/m0/s1. The highest BCUT2D eigenvalue weighted by atomic mass is 35.5. The highest BCUT2D eigenvalue weighted by Gasteiger charge is 2.28. The van der Waals surface area contributed by atoms with Crippen LogP contribution < -0.4 is 4.74 Å². The van der Waals surface area contributed by atoms with Crippen molar-refractivity contribution in [1.82, 2.24) is 9.88 Å². The summed E-state index contributed by atoms with van der Waals surface area (Å²) in [5.74, 6) is 0.773. The number of likely N-dealkylation sites (tertiary alicyclic amines) is 1. The summed E-state index contributed by atoms with van der Waals surface area (Å²) in [7, 11) is 0. The summed E-state index contributed by atoms with van der Waals surface area (Å²) >= 11 is 5.91. The molecule has 2 fully saturated rings. The fourth-order valence-electron chi connectivity index (χ4n) is 2.82. The van der Waals surface area contributed by atoms with E-state index in [-0.39, 0.29) is 6.10 Å². The Labute approximate surface area is 118 Å². The van der Waals surface area contributed by atoms with Gasteiger partial charge >= 0.3 is 0 Å². The Morgan fingerprint density at radius 2 is 2.11 bits per heavy atom. The predicted molar refractivity (Wildman–Crippen MR) is 73.7 cm³/mol. The van der Waals surface area contributed by atoms with E-state index in [4.69, 9.17) is 21.1 Å². The molecule has 1 aromatic heterocycles. The number of pyridine rings is 1. The van der Waals surface area contributed by atoms with Crippen molar-refractivity contribution in [3.05, 3.63) is 23.5 Å². The lowest BCUT2D eigenvalue weighted by Gasteiger charge is -2.35. The van der Waals surface area contributed by atoms with Crippen LogP contribution >= 0.6 is 11.6 Å². The Morgan fingerprint density at radius 3 is 2.79 bits per heavy atom. The molecule has 1 aromatic rings. The molecule has 2 aliphatic rings. The van der Waals surface area contributed by atoms with E-state index in [1.807, 2.05) is 6.07 Å². The van der Waals surface area contributed by atoms with Gasteiger partial charge in [-0.05, 0) is 19.3 Å². The first-order valence-corrected chi connectivity index (χ1v) is 7.28. The quantitative estimate of drug-likeness (QED) is 0.852. The van der Waals surface area contributed by atoms with Crippen LogP contribution in [0.4, 0.5) is 0 Å². The van der Waals surface area contributed by atoms with Crippen LogP contribution in [-0.2, 0) is 4.74 Å². The number of hydrogen-bond donors (Lipinski definition) is 0. The third kappa shape index (κ3) is 3.38. The summed E-state index contributed by atoms with van der Waals surface area (Å²) < 4.78 is 11.4. The van der Waals surface area contributed by atoms with Crippen LogP contribution in [0.3, 0.4) is 0 Å². The van der Waals surface area contributed by atoms with Crippen molar-refractivity contribution in [3.63, 3.8) is 0 Å². The van der Waals surface area contributed by atoms with E-state index in [1.165, 1.54) is 6.42 Å². The summed E-state index contributed by atoms with van der Waals surface area (Å²) in [6, 6.07) is 2.44. The number of rotatable bonds is 3. The molecular weight excluding hydrogens is 264 g/mol. The van der Waals surface area contributed by atoms with E-state index in [9.17, 15) is 0 Å². The zero-order chi connectivity index (χ0) is 13.1. The Balaban J connectivity index is 1.50. The maximum Gasteiger partial charge on any atom is 0.139 e. The lowest BCUT2D eigenvalue weighted by molar-refractivity contribution is 0.0684. The van der Waals surface area contributed by atoms with Crippen LogP contribution in [-0.4, -0.2) is 48.3 Å². The van der Waals surface area contributed by atoms with Gasteiger partial charge < -0.3 is 9.47 Å². The van der Waals surface area contributed by atoms with E-state index >= 15 is 0 Å². The highest BCUT2D eigenvalue weighted by Crippen LogP contribution is 2.23. The predicted octanol–water partition coefficient (Wildman–Crippen LogP) is 2.37. The average molecular weight is 283 g/mol. The fourth-order valence-corrected chi connectivity index (χ4v) is 2.98. The molecule has 3 heterocycles. The van der Waals surface area contributed by atoms with Gasteiger partial charge in [-0.1, -0.05) is 11.6 Å². The van der Waals surface area contributed by atoms with E-state index in [1.54, 1.807) is 12.4 Å². The summed E-state index contributed by atoms with van der Waals surface area (Å²) in [5.41, 5.74) is 0. The minimum atomic E-state index is 0.277. The molecular formula is C14H19ClN2O2. The van der Waals surface area contributed by atoms with Gasteiger partial charge in [0, 0.05) is 38.0 Å².